The lowest BCUT2D eigenvalue weighted by molar-refractivity contribution is 0.0943. The van der Waals surface area contributed by atoms with Gasteiger partial charge in [0, 0.05) is 31.4 Å². The molecule has 32 heavy (non-hydrogen) atoms. The van der Waals surface area contributed by atoms with E-state index in [4.69, 9.17) is 0 Å². The van der Waals surface area contributed by atoms with Gasteiger partial charge in [0.25, 0.3) is 5.91 Å². The zero-order valence-corrected chi connectivity index (χ0v) is 17.8. The summed E-state index contributed by atoms with van der Waals surface area (Å²) in [6, 6.07) is 4.40. The highest BCUT2D eigenvalue weighted by Crippen LogP contribution is 2.35. The topological polar surface area (TPSA) is 104 Å². The van der Waals surface area contributed by atoms with Gasteiger partial charge in [0.1, 0.15) is 28.9 Å². The summed E-state index contributed by atoms with van der Waals surface area (Å²) in [5.74, 6) is 0.353. The number of nitrogens with one attached hydrogen (secondary N) is 2. The highest BCUT2D eigenvalue weighted by molar-refractivity contribution is 5.92. The predicted molar refractivity (Wildman–Crippen MR) is 116 cm³/mol. The van der Waals surface area contributed by atoms with Crippen molar-refractivity contribution in [3.8, 4) is 0 Å². The summed E-state index contributed by atoms with van der Waals surface area (Å²) in [5, 5.41) is 7.45. The fourth-order valence-corrected chi connectivity index (χ4v) is 3.93. The molecule has 164 valence electrons. The van der Waals surface area contributed by atoms with Crippen LogP contribution in [0.25, 0.3) is 5.52 Å². The van der Waals surface area contributed by atoms with E-state index < -0.39 is 0 Å². The molecule has 0 unspecified atom stereocenters. The van der Waals surface area contributed by atoms with Crippen molar-refractivity contribution in [2.45, 2.75) is 26.3 Å². The van der Waals surface area contributed by atoms with Gasteiger partial charge in [-0.2, -0.15) is 5.10 Å². The quantitative estimate of drug-likeness (QED) is 0.500. The third-order valence-corrected chi connectivity index (χ3v) is 5.51. The van der Waals surface area contributed by atoms with E-state index in [1.165, 1.54) is 16.8 Å². The number of aromatic nitrogens is 6. The molecule has 5 heterocycles. The molecule has 0 spiro atoms. The Morgan fingerprint density at radius 2 is 2.19 bits per heavy atom. The number of halogens is 1. The smallest absolute Gasteiger partial charge is 0.271 e. The summed E-state index contributed by atoms with van der Waals surface area (Å²) in [6.45, 7) is 5.27. The Balaban J connectivity index is 1.50. The zero-order chi connectivity index (χ0) is 22.2. The molecular weight excluding hydrogens is 411 g/mol. The number of hydrogen-bond donors (Lipinski definition) is 2. The number of pyridine rings is 1. The molecule has 0 saturated carbocycles. The SMILES string of the molecule is CC(C)CNC(=O)c1cnc(N2CCc3[nH]cnc3[C@H]2c2cc3c(F)cccn3n2)cn1. The number of H-pyrrole nitrogens is 1. The Morgan fingerprint density at radius 1 is 1.31 bits per heavy atom. The van der Waals surface area contributed by atoms with E-state index in [0.717, 1.165) is 17.8 Å². The number of amides is 1. The second-order valence-electron chi connectivity index (χ2n) is 8.23. The number of nitrogens with zero attached hydrogens (tertiary/aromatic N) is 6. The molecule has 5 rings (SSSR count). The second kappa shape index (κ2) is 8.03. The molecule has 0 fully saturated rings. The van der Waals surface area contributed by atoms with Crippen LogP contribution in [0.4, 0.5) is 10.2 Å². The van der Waals surface area contributed by atoms with Crippen molar-refractivity contribution < 1.29 is 9.18 Å². The van der Waals surface area contributed by atoms with E-state index in [9.17, 15) is 9.18 Å². The normalized spacial score (nSPS) is 15.9. The van der Waals surface area contributed by atoms with Crippen molar-refractivity contribution in [2.24, 2.45) is 5.92 Å². The van der Waals surface area contributed by atoms with E-state index in [0.29, 0.717) is 36.0 Å². The fourth-order valence-electron chi connectivity index (χ4n) is 3.93. The Labute approximate surface area is 183 Å². The van der Waals surface area contributed by atoms with Gasteiger partial charge in [-0.05, 0) is 24.1 Å². The van der Waals surface area contributed by atoms with Crippen LogP contribution in [0, 0.1) is 11.7 Å². The first-order chi connectivity index (χ1) is 15.5. The van der Waals surface area contributed by atoms with Gasteiger partial charge in [-0.1, -0.05) is 13.8 Å². The Kier molecular flexibility index (Phi) is 5.04. The van der Waals surface area contributed by atoms with E-state index >= 15 is 0 Å². The van der Waals surface area contributed by atoms with Crippen molar-refractivity contribution in [2.75, 3.05) is 18.0 Å². The highest BCUT2D eigenvalue weighted by Gasteiger charge is 2.34. The lowest BCUT2D eigenvalue weighted by Crippen LogP contribution is -2.37. The van der Waals surface area contributed by atoms with Crippen molar-refractivity contribution in [3.05, 3.63) is 71.7 Å². The molecule has 10 heteroatoms. The molecule has 0 saturated heterocycles. The number of carbonyl (C=O) groups excluding carboxylic acids is 1. The molecule has 4 aromatic rings. The molecule has 0 bridgehead atoms. The van der Waals surface area contributed by atoms with Gasteiger partial charge in [0.2, 0.25) is 0 Å². The van der Waals surface area contributed by atoms with E-state index in [1.807, 2.05) is 18.7 Å². The summed E-state index contributed by atoms with van der Waals surface area (Å²) in [5.41, 5.74) is 3.15. The molecule has 1 aliphatic heterocycles. The molecule has 1 aliphatic rings. The van der Waals surface area contributed by atoms with Gasteiger partial charge in [0.05, 0.1) is 30.1 Å². The molecule has 0 aliphatic carbocycles. The molecule has 0 radical (unpaired) electrons. The first kappa shape index (κ1) is 20.1. The van der Waals surface area contributed by atoms with Gasteiger partial charge >= 0.3 is 0 Å². The molecule has 4 aromatic heterocycles. The number of rotatable bonds is 5. The van der Waals surface area contributed by atoms with Crippen LogP contribution in [0.2, 0.25) is 0 Å². The largest absolute Gasteiger partial charge is 0.350 e. The summed E-state index contributed by atoms with van der Waals surface area (Å²) >= 11 is 0. The van der Waals surface area contributed by atoms with Crippen LogP contribution in [0.3, 0.4) is 0 Å². The number of carbonyl (C=O) groups is 1. The standard InChI is InChI=1S/C22H23FN8O/c1-13(2)9-26-22(32)17-10-25-19(11-24-17)30-7-5-15-20(28-12-27-15)21(30)16-8-18-14(23)4-3-6-31(18)29-16/h3-4,6,8,10-13,21H,5,7,9H2,1-2H3,(H,26,32)(H,27,28)/t21-/m1/s1. The summed E-state index contributed by atoms with van der Waals surface area (Å²) < 4.78 is 15.8. The lowest BCUT2D eigenvalue weighted by Gasteiger charge is -2.34. The minimum Gasteiger partial charge on any atom is -0.350 e. The highest BCUT2D eigenvalue weighted by atomic mass is 19.1. The number of hydrogen-bond acceptors (Lipinski definition) is 6. The van der Waals surface area contributed by atoms with Gasteiger partial charge in [0.15, 0.2) is 0 Å². The third kappa shape index (κ3) is 3.57. The average Bonchev–Trinajstić information content (AvgIpc) is 3.44. The number of aromatic amines is 1. The summed E-state index contributed by atoms with van der Waals surface area (Å²) in [4.78, 5) is 30.9. The Bertz CT molecular complexity index is 1260. The van der Waals surface area contributed by atoms with Gasteiger partial charge in [-0.15, -0.1) is 0 Å². The van der Waals surface area contributed by atoms with Crippen molar-refractivity contribution in [3.63, 3.8) is 0 Å². The van der Waals surface area contributed by atoms with Crippen LogP contribution in [0.1, 0.15) is 47.5 Å². The van der Waals surface area contributed by atoms with Crippen LogP contribution in [-0.4, -0.2) is 48.5 Å². The average molecular weight is 434 g/mol. The molecule has 0 aromatic carbocycles. The third-order valence-electron chi connectivity index (χ3n) is 5.51. The van der Waals surface area contributed by atoms with E-state index in [2.05, 4.69) is 30.4 Å². The maximum atomic E-state index is 14.3. The van der Waals surface area contributed by atoms with Gasteiger partial charge in [-0.3, -0.25) is 4.79 Å². The molecular formula is C22H23FN8O. The van der Waals surface area contributed by atoms with E-state index in [-0.39, 0.29) is 23.5 Å². The number of imidazole rings is 1. The minimum atomic E-state index is -0.362. The summed E-state index contributed by atoms with van der Waals surface area (Å²) in [6.07, 6.45) is 7.18. The second-order valence-corrected chi connectivity index (χ2v) is 8.23. The maximum Gasteiger partial charge on any atom is 0.271 e. The molecule has 9 nitrogen and oxygen atoms in total. The minimum absolute atomic E-state index is 0.252. The van der Waals surface area contributed by atoms with Crippen molar-refractivity contribution in [1.29, 1.82) is 0 Å². The first-order valence-corrected chi connectivity index (χ1v) is 10.5. The fraction of sp³-hybridized carbons (Fsp3) is 0.318. The van der Waals surface area contributed by atoms with Crippen molar-refractivity contribution in [1.82, 2.24) is 34.9 Å². The predicted octanol–water partition coefficient (Wildman–Crippen LogP) is 2.52. The molecule has 1 amide bonds. The van der Waals surface area contributed by atoms with Crippen molar-refractivity contribution >= 4 is 17.2 Å². The number of fused-ring (bicyclic) bond motifs is 2. The van der Waals surface area contributed by atoms with Crippen LogP contribution >= 0.6 is 0 Å². The van der Waals surface area contributed by atoms with E-state index in [1.54, 1.807) is 30.9 Å². The van der Waals surface area contributed by atoms with Crippen LogP contribution in [0.5, 0.6) is 0 Å². The monoisotopic (exact) mass is 434 g/mol. The first-order valence-electron chi connectivity index (χ1n) is 10.5. The number of anilines is 1. The molecule has 2 N–H and O–H groups in total. The Morgan fingerprint density at radius 3 is 2.94 bits per heavy atom. The van der Waals surface area contributed by atoms with Crippen LogP contribution in [-0.2, 0) is 6.42 Å². The summed E-state index contributed by atoms with van der Waals surface area (Å²) in [7, 11) is 0. The van der Waals surface area contributed by atoms with Gasteiger partial charge in [-0.25, -0.2) is 23.9 Å². The van der Waals surface area contributed by atoms with Crippen LogP contribution < -0.4 is 10.2 Å². The Hall–Kier alpha value is -3.82. The zero-order valence-electron chi connectivity index (χ0n) is 17.8. The van der Waals surface area contributed by atoms with Gasteiger partial charge < -0.3 is 15.2 Å². The maximum absolute atomic E-state index is 14.3. The molecule has 1 atom stereocenters. The van der Waals surface area contributed by atoms with Crippen LogP contribution in [0.15, 0.2) is 43.1 Å². The lowest BCUT2D eigenvalue weighted by atomic mass is 10.00.